The standard InChI is InChI=1S/C56H49N7O7S3/c1-55(2,3)70-44(64)34-68-62-45(43-36-73-54(59-43)61-56(40-24-13-6-14-25-40,41-26-15-7-16-27-41)42-28-17-8-18-29-42)49(65)60-46-50(66)63-47(39(35-72-51(46)63)30-33-71-53-57-31-19-32-58-53)52(67)69-48(37-20-9-4-10-21-37)38-22-11-5-12-23-38/h4-33,36,46,48,51H,34-35H2,1-3H3,(H,59,61)(H,60,65). The van der Waals surface area contributed by atoms with Crippen molar-refractivity contribution in [2.45, 2.75) is 54.6 Å². The first-order chi connectivity index (χ1) is 35.5. The number of ether oxygens (including phenoxy) is 2. The van der Waals surface area contributed by atoms with Gasteiger partial charge in [0.25, 0.3) is 11.8 Å². The van der Waals surface area contributed by atoms with Crippen LogP contribution < -0.4 is 10.6 Å². The number of allylic oxidation sites excluding steroid dienone is 1. The molecule has 2 atom stereocenters. The molecule has 2 aromatic heterocycles. The fraction of sp³-hybridized carbons (Fsp3) is 0.179. The molecular formula is C56H49N7O7S3. The van der Waals surface area contributed by atoms with Crippen LogP contribution in [-0.2, 0) is 39.0 Å². The Morgan fingerprint density at radius 2 is 1.34 bits per heavy atom. The Hall–Kier alpha value is -7.86. The molecule has 1 fully saturated rings. The van der Waals surface area contributed by atoms with Crippen LogP contribution in [-0.4, -0.2) is 78.7 Å². The van der Waals surface area contributed by atoms with Crippen LogP contribution in [0.1, 0.15) is 60.4 Å². The van der Waals surface area contributed by atoms with Crippen molar-refractivity contribution in [1.29, 1.82) is 0 Å². The fourth-order valence-corrected chi connectivity index (χ4v) is 11.0. The second-order valence-corrected chi connectivity index (χ2v) is 20.4. The van der Waals surface area contributed by atoms with Gasteiger partial charge in [-0.3, -0.25) is 14.5 Å². The summed E-state index contributed by atoms with van der Waals surface area (Å²) in [4.78, 5) is 77.0. The monoisotopic (exact) mass is 1030 g/mol. The van der Waals surface area contributed by atoms with Crippen LogP contribution in [0.2, 0.25) is 0 Å². The van der Waals surface area contributed by atoms with Crippen molar-refractivity contribution in [1.82, 2.24) is 25.2 Å². The quantitative estimate of drug-likeness (QED) is 0.0158. The van der Waals surface area contributed by atoms with Crippen molar-refractivity contribution in [3.05, 3.63) is 232 Å². The van der Waals surface area contributed by atoms with Gasteiger partial charge in [0.1, 0.15) is 33.9 Å². The summed E-state index contributed by atoms with van der Waals surface area (Å²) >= 11 is 3.86. The summed E-state index contributed by atoms with van der Waals surface area (Å²) in [6, 6.07) is 49.3. The number of rotatable bonds is 18. The summed E-state index contributed by atoms with van der Waals surface area (Å²) in [5.41, 5.74) is 2.94. The van der Waals surface area contributed by atoms with Gasteiger partial charge in [0, 0.05) is 23.5 Å². The number of aromatic nitrogens is 3. The van der Waals surface area contributed by atoms with E-state index in [9.17, 15) is 19.2 Å². The van der Waals surface area contributed by atoms with Gasteiger partial charge in [0.15, 0.2) is 22.1 Å². The number of thiazole rings is 1. The SMILES string of the molecule is CC(C)(C)OC(=O)CON=C(C(=O)NC1C(=O)N2C(C(=O)OC(c3ccccc3)c3ccccc3)=C(C=CSc3ncccn3)CSC12)c1csc(NC(c2ccccc2)(c2ccccc2)c2ccccc2)n1. The van der Waals surface area contributed by atoms with Crippen LogP contribution >= 0.6 is 34.9 Å². The summed E-state index contributed by atoms with van der Waals surface area (Å²) in [7, 11) is 0. The number of carbonyl (C=O) groups excluding carboxylic acids is 4. The number of benzene rings is 5. The smallest absolute Gasteiger partial charge is 0.356 e. The van der Waals surface area contributed by atoms with E-state index in [1.807, 2.05) is 152 Å². The van der Waals surface area contributed by atoms with Gasteiger partial charge < -0.3 is 24.9 Å². The second-order valence-electron chi connectivity index (χ2n) is 17.6. The van der Waals surface area contributed by atoms with Crippen LogP contribution in [0.5, 0.6) is 0 Å². The van der Waals surface area contributed by atoms with Gasteiger partial charge in [-0.1, -0.05) is 169 Å². The summed E-state index contributed by atoms with van der Waals surface area (Å²) in [5, 5.41) is 14.4. The molecule has 2 N–H and O–H groups in total. The molecule has 9 rings (SSSR count). The number of thioether (sulfide) groups is 2. The van der Waals surface area contributed by atoms with Crippen LogP contribution in [0.25, 0.3) is 0 Å². The molecule has 5 aromatic carbocycles. The number of fused-ring (bicyclic) bond motifs is 1. The normalized spacial score (nSPS) is 15.9. The van der Waals surface area contributed by atoms with Crippen molar-refractivity contribution < 1.29 is 33.5 Å². The van der Waals surface area contributed by atoms with E-state index in [4.69, 9.17) is 19.3 Å². The molecule has 2 amide bonds. The van der Waals surface area contributed by atoms with Crippen LogP contribution in [0.4, 0.5) is 5.13 Å². The van der Waals surface area contributed by atoms with Crippen molar-refractivity contribution >= 4 is 69.5 Å². The number of carbonyl (C=O) groups is 4. The summed E-state index contributed by atoms with van der Waals surface area (Å²) in [6.07, 6.45) is 4.22. The van der Waals surface area contributed by atoms with E-state index >= 15 is 0 Å². The van der Waals surface area contributed by atoms with E-state index < -0.39 is 59.0 Å². The maximum Gasteiger partial charge on any atom is 0.356 e. The molecule has 17 heteroatoms. The molecule has 0 spiro atoms. The molecular weight excluding hydrogens is 979 g/mol. The Morgan fingerprint density at radius 3 is 1.89 bits per heavy atom. The molecule has 0 saturated carbocycles. The van der Waals surface area contributed by atoms with E-state index in [1.165, 1.54) is 39.8 Å². The molecule has 73 heavy (non-hydrogen) atoms. The molecule has 7 aromatic rings. The highest BCUT2D eigenvalue weighted by molar-refractivity contribution is 8.02. The molecule has 2 aliphatic heterocycles. The first-order valence-corrected chi connectivity index (χ1v) is 26.0. The molecule has 4 heterocycles. The van der Waals surface area contributed by atoms with E-state index in [1.54, 1.807) is 56.1 Å². The molecule has 2 aliphatic rings. The van der Waals surface area contributed by atoms with Crippen molar-refractivity contribution in [3.63, 3.8) is 0 Å². The minimum Gasteiger partial charge on any atom is -0.457 e. The van der Waals surface area contributed by atoms with E-state index in [2.05, 4.69) is 25.8 Å². The minimum atomic E-state index is -1.11. The topological polar surface area (TPSA) is 174 Å². The molecule has 0 radical (unpaired) electrons. The highest BCUT2D eigenvalue weighted by atomic mass is 32.2. The Morgan fingerprint density at radius 1 is 0.795 bits per heavy atom. The lowest BCUT2D eigenvalue weighted by Gasteiger charge is -2.49. The predicted octanol–water partition coefficient (Wildman–Crippen LogP) is 9.69. The zero-order valence-corrected chi connectivity index (χ0v) is 42.3. The first-order valence-electron chi connectivity index (χ1n) is 23.2. The highest BCUT2D eigenvalue weighted by Gasteiger charge is 2.55. The highest BCUT2D eigenvalue weighted by Crippen LogP contribution is 2.43. The number of anilines is 1. The lowest BCUT2D eigenvalue weighted by Crippen LogP contribution is -2.71. The predicted molar refractivity (Wildman–Crippen MR) is 283 cm³/mol. The van der Waals surface area contributed by atoms with Gasteiger partial charge in [-0.05, 0) is 71.7 Å². The number of amides is 2. The Labute approximate surface area is 435 Å². The third-order valence-electron chi connectivity index (χ3n) is 11.5. The first kappa shape index (κ1) is 50.1. The largest absolute Gasteiger partial charge is 0.457 e. The second kappa shape index (κ2) is 22.7. The van der Waals surface area contributed by atoms with Gasteiger partial charge in [0.2, 0.25) is 6.61 Å². The maximum atomic E-state index is 14.7. The lowest BCUT2D eigenvalue weighted by atomic mass is 9.77. The van der Waals surface area contributed by atoms with E-state index in [0.29, 0.717) is 15.9 Å². The molecule has 0 bridgehead atoms. The minimum absolute atomic E-state index is 0.0467. The maximum absolute atomic E-state index is 14.7. The average Bonchev–Trinajstić information content (AvgIpc) is 3.88. The number of nitrogens with zero attached hydrogens (tertiary/aromatic N) is 5. The zero-order valence-electron chi connectivity index (χ0n) is 39.9. The molecule has 14 nitrogen and oxygen atoms in total. The van der Waals surface area contributed by atoms with Gasteiger partial charge in [-0.25, -0.2) is 24.5 Å². The van der Waals surface area contributed by atoms with Crippen molar-refractivity contribution in [2.24, 2.45) is 5.16 Å². The Kier molecular flexibility index (Phi) is 15.6. The number of esters is 2. The summed E-state index contributed by atoms with van der Waals surface area (Å²) in [6.45, 7) is 4.57. The van der Waals surface area contributed by atoms with Gasteiger partial charge >= 0.3 is 11.9 Å². The summed E-state index contributed by atoms with van der Waals surface area (Å²) < 4.78 is 11.8. The number of β-lactam (4-membered cyclic amide) rings is 1. The third-order valence-corrected chi connectivity index (χ3v) is 14.3. The fourth-order valence-electron chi connectivity index (χ4n) is 8.35. The van der Waals surface area contributed by atoms with Crippen LogP contribution in [0, 0.1) is 0 Å². The van der Waals surface area contributed by atoms with Gasteiger partial charge in [-0.15, -0.1) is 23.1 Å². The third kappa shape index (κ3) is 11.6. The Balaban J connectivity index is 1.02. The Bertz CT molecular complexity index is 3000. The van der Waals surface area contributed by atoms with Gasteiger partial charge in [0.05, 0.1) is 0 Å². The average molecular weight is 1030 g/mol. The molecule has 0 aliphatic carbocycles. The van der Waals surface area contributed by atoms with Gasteiger partial charge in [-0.2, -0.15) is 0 Å². The molecule has 1 saturated heterocycles. The molecule has 368 valence electrons. The van der Waals surface area contributed by atoms with Crippen molar-refractivity contribution in [3.8, 4) is 0 Å². The number of hydrogen-bond donors (Lipinski definition) is 2. The van der Waals surface area contributed by atoms with Crippen LogP contribution in [0.15, 0.2) is 209 Å². The number of hydrogen-bond acceptors (Lipinski definition) is 15. The van der Waals surface area contributed by atoms with Crippen molar-refractivity contribution in [2.75, 3.05) is 17.7 Å². The molecule has 2 unspecified atom stereocenters. The zero-order chi connectivity index (χ0) is 50.8. The number of oxime groups is 1. The lowest BCUT2D eigenvalue weighted by molar-refractivity contribution is -0.160. The van der Waals surface area contributed by atoms with E-state index in [-0.39, 0.29) is 22.9 Å². The summed E-state index contributed by atoms with van der Waals surface area (Å²) in [5.74, 6) is -2.49. The number of nitrogens with one attached hydrogen (secondary N) is 2. The van der Waals surface area contributed by atoms with E-state index in [0.717, 1.165) is 27.8 Å². The van der Waals surface area contributed by atoms with Crippen LogP contribution in [0.3, 0.4) is 0 Å².